The first-order valence-corrected chi connectivity index (χ1v) is 22.1. The van der Waals surface area contributed by atoms with Crippen molar-refractivity contribution in [3.8, 4) is 112 Å². The third kappa shape index (κ3) is 6.93. The largest absolute Gasteiger partial charge is 0.238 e. The van der Waals surface area contributed by atoms with E-state index in [1.54, 1.807) is 0 Å². The molecule has 11 aromatic rings. The minimum absolute atomic E-state index is 0.569. The lowest BCUT2D eigenvalue weighted by molar-refractivity contribution is 1.07. The Bertz CT molecular complexity index is 3700. The van der Waals surface area contributed by atoms with Crippen LogP contribution in [0.15, 0.2) is 231 Å². The average Bonchev–Trinajstić information content (AvgIpc) is 3.73. The van der Waals surface area contributed by atoms with Gasteiger partial charge >= 0.3 is 0 Å². The van der Waals surface area contributed by atoms with Crippen LogP contribution in [0.5, 0.6) is 0 Å². The van der Waals surface area contributed by atoms with E-state index in [1.807, 2.05) is 54.6 Å². The van der Waals surface area contributed by atoms with E-state index in [0.717, 1.165) is 66.8 Å². The summed E-state index contributed by atoms with van der Waals surface area (Å²) < 4.78 is 0. The first-order chi connectivity index (χ1) is 32.6. The number of hydrogen-bond donors (Lipinski definition) is 0. The Labute approximate surface area is 383 Å². The maximum Gasteiger partial charge on any atom is 0.187 e. The number of rotatable bonds is 8. The summed E-state index contributed by atoms with van der Waals surface area (Å²) >= 11 is 0. The molecular formula is C62H38N4. The van der Waals surface area contributed by atoms with Crippen LogP contribution in [0.2, 0.25) is 0 Å². The lowest BCUT2D eigenvalue weighted by Crippen LogP contribution is -2.01. The molecule has 0 fully saturated rings. The van der Waals surface area contributed by atoms with Crippen molar-refractivity contribution in [2.24, 2.45) is 0 Å². The van der Waals surface area contributed by atoms with Gasteiger partial charge in [-0.2, -0.15) is 0 Å². The molecule has 1 aliphatic rings. The summed E-state index contributed by atoms with van der Waals surface area (Å²) in [4.78, 5) is 19.2. The molecule has 0 unspecified atom stereocenters. The van der Waals surface area contributed by atoms with Gasteiger partial charge in [0.25, 0.3) is 0 Å². The number of fused-ring (bicyclic) bond motifs is 3. The van der Waals surface area contributed by atoms with Gasteiger partial charge in [0.2, 0.25) is 0 Å². The Balaban J connectivity index is 0.947. The molecule has 0 atom stereocenters. The van der Waals surface area contributed by atoms with Gasteiger partial charge in [0.05, 0.1) is 6.57 Å². The molecular weight excluding hydrogens is 801 g/mol. The molecule has 1 aromatic heterocycles. The van der Waals surface area contributed by atoms with Crippen LogP contribution in [-0.4, -0.2) is 15.0 Å². The normalized spacial score (nSPS) is 11.3. The van der Waals surface area contributed by atoms with Crippen molar-refractivity contribution in [3.05, 3.63) is 242 Å². The molecule has 4 heteroatoms. The van der Waals surface area contributed by atoms with Gasteiger partial charge in [-0.05, 0) is 119 Å². The number of nitrogens with zero attached hydrogens (tertiary/aromatic N) is 4. The van der Waals surface area contributed by atoms with E-state index in [9.17, 15) is 0 Å². The first kappa shape index (κ1) is 38.6. The molecule has 1 aliphatic carbocycles. The van der Waals surface area contributed by atoms with Gasteiger partial charge in [0.1, 0.15) is 0 Å². The molecule has 0 amide bonds. The Kier molecular flexibility index (Phi) is 9.51. The van der Waals surface area contributed by atoms with Crippen LogP contribution in [0.3, 0.4) is 0 Å². The van der Waals surface area contributed by atoms with Crippen molar-refractivity contribution >= 4 is 16.5 Å². The number of aromatic nitrogens is 3. The van der Waals surface area contributed by atoms with Crippen molar-refractivity contribution in [1.29, 1.82) is 0 Å². The second-order valence-corrected chi connectivity index (χ2v) is 16.6. The van der Waals surface area contributed by atoms with E-state index < -0.39 is 0 Å². The summed E-state index contributed by atoms with van der Waals surface area (Å²) in [5, 5.41) is 2.57. The monoisotopic (exact) mass is 838 g/mol. The predicted octanol–water partition coefficient (Wildman–Crippen LogP) is 16.6. The highest BCUT2D eigenvalue weighted by Gasteiger charge is 2.22. The summed E-state index contributed by atoms with van der Waals surface area (Å²) in [6, 6.07) is 80.6. The smallest absolute Gasteiger partial charge is 0.187 e. The Morgan fingerprint density at radius 2 is 0.712 bits per heavy atom. The molecule has 1 heterocycles. The van der Waals surface area contributed by atoms with Gasteiger partial charge in [-0.3, -0.25) is 0 Å². The van der Waals surface area contributed by atoms with Crippen LogP contribution in [0, 0.1) is 6.57 Å². The van der Waals surface area contributed by atoms with E-state index in [4.69, 9.17) is 21.5 Å². The molecule has 0 spiro atoms. The SMILES string of the molecule is [C-]#[N+]c1ccc(-c2ccccc2-c2nc(-c3ccccc3)nc(-c3ccc(-c4ccccc4)cc3)n2)c(-c2cccc(-c3cccc(-c4cc5c6c(cccc6c4)-c4ccccc4-5)c3)c2)c1. The fourth-order valence-electron chi connectivity index (χ4n) is 9.50. The fourth-order valence-corrected chi connectivity index (χ4v) is 9.50. The minimum atomic E-state index is 0.569. The van der Waals surface area contributed by atoms with Crippen molar-refractivity contribution in [2.45, 2.75) is 0 Å². The molecule has 12 rings (SSSR count). The zero-order valence-electron chi connectivity index (χ0n) is 35.7. The Morgan fingerprint density at radius 3 is 1.39 bits per heavy atom. The lowest BCUT2D eigenvalue weighted by Gasteiger charge is -2.16. The molecule has 306 valence electrons. The fraction of sp³-hybridized carbons (Fsp3) is 0. The zero-order valence-corrected chi connectivity index (χ0v) is 35.7. The van der Waals surface area contributed by atoms with Crippen molar-refractivity contribution in [2.75, 3.05) is 0 Å². The van der Waals surface area contributed by atoms with E-state index in [-0.39, 0.29) is 0 Å². The van der Waals surface area contributed by atoms with Gasteiger partial charge in [0, 0.05) is 16.7 Å². The second kappa shape index (κ2) is 16.3. The van der Waals surface area contributed by atoms with Crippen LogP contribution in [-0.2, 0) is 0 Å². The third-order valence-electron chi connectivity index (χ3n) is 12.7. The summed E-state index contributed by atoms with van der Waals surface area (Å²) in [7, 11) is 0. The van der Waals surface area contributed by atoms with Gasteiger partial charge in [-0.25, -0.2) is 19.8 Å². The molecule has 4 nitrogen and oxygen atoms in total. The standard InChI is InChI=1S/C62H38N4/c1-63-50-33-34-54(52-25-10-11-27-56(52)62-65-60(42-17-6-3-7-18-42)64-61(66-62)43-31-29-41(30-32-43)40-15-4-2-5-16-40)57(39-50)47-22-13-20-45(36-47)44-19-12-21-46(35-44)49-37-48-23-14-28-55-51-24-8-9-26-53(51)58(38-49)59(48)55/h2-39H. The van der Waals surface area contributed by atoms with Gasteiger partial charge in [-0.1, -0.05) is 200 Å². The average molecular weight is 839 g/mol. The van der Waals surface area contributed by atoms with Gasteiger partial charge in [-0.15, -0.1) is 0 Å². The summed E-state index contributed by atoms with van der Waals surface area (Å²) in [6.45, 7) is 8.03. The number of benzene rings is 10. The highest BCUT2D eigenvalue weighted by Crippen LogP contribution is 2.49. The van der Waals surface area contributed by atoms with Gasteiger partial charge < -0.3 is 0 Å². The summed E-state index contributed by atoms with van der Waals surface area (Å²) in [6.07, 6.45) is 0. The lowest BCUT2D eigenvalue weighted by atomic mass is 9.89. The van der Waals surface area contributed by atoms with Crippen LogP contribution >= 0.6 is 0 Å². The molecule has 0 bridgehead atoms. The van der Waals surface area contributed by atoms with E-state index in [0.29, 0.717) is 23.2 Å². The first-order valence-electron chi connectivity index (χ1n) is 22.1. The molecule has 0 saturated carbocycles. The molecule has 0 saturated heterocycles. The molecule has 0 N–H and O–H groups in total. The molecule has 0 radical (unpaired) electrons. The number of hydrogen-bond acceptors (Lipinski definition) is 3. The Morgan fingerprint density at radius 1 is 0.258 bits per heavy atom. The highest BCUT2D eigenvalue weighted by molar-refractivity contribution is 6.16. The quantitative estimate of drug-likeness (QED) is 0.143. The van der Waals surface area contributed by atoms with Crippen molar-refractivity contribution in [3.63, 3.8) is 0 Å². The van der Waals surface area contributed by atoms with Crippen molar-refractivity contribution < 1.29 is 0 Å². The predicted molar refractivity (Wildman–Crippen MR) is 272 cm³/mol. The molecule has 10 aromatic carbocycles. The van der Waals surface area contributed by atoms with Gasteiger partial charge in [0.15, 0.2) is 23.2 Å². The van der Waals surface area contributed by atoms with Crippen LogP contribution in [0.1, 0.15) is 0 Å². The minimum Gasteiger partial charge on any atom is -0.238 e. The van der Waals surface area contributed by atoms with Crippen molar-refractivity contribution in [1.82, 2.24) is 15.0 Å². The maximum absolute atomic E-state index is 8.03. The van der Waals surface area contributed by atoms with Crippen LogP contribution in [0.4, 0.5) is 5.69 Å². The third-order valence-corrected chi connectivity index (χ3v) is 12.7. The van der Waals surface area contributed by atoms with Crippen LogP contribution < -0.4 is 0 Å². The molecule has 66 heavy (non-hydrogen) atoms. The summed E-state index contributed by atoms with van der Waals surface area (Å²) in [5.41, 5.74) is 19.2. The zero-order chi connectivity index (χ0) is 44.0. The maximum atomic E-state index is 8.03. The Hall–Kier alpha value is -9.04. The highest BCUT2D eigenvalue weighted by atomic mass is 15.0. The summed E-state index contributed by atoms with van der Waals surface area (Å²) in [5.74, 6) is 1.76. The van der Waals surface area contributed by atoms with Crippen LogP contribution in [0.25, 0.3) is 128 Å². The van der Waals surface area contributed by atoms with E-state index in [1.165, 1.54) is 38.6 Å². The molecule has 0 aliphatic heterocycles. The topological polar surface area (TPSA) is 43.0 Å². The van der Waals surface area contributed by atoms with E-state index in [2.05, 4.69) is 181 Å². The van der Waals surface area contributed by atoms with E-state index >= 15 is 0 Å². The second-order valence-electron chi connectivity index (χ2n) is 16.6.